The molecule has 4 nitrogen and oxygen atoms in total. The SMILES string of the molecule is Nc1ccc(N=C(C(=Nc2ccc(N)cc2)C2CCCCC2)C2CCCCC2)cc1. The summed E-state index contributed by atoms with van der Waals surface area (Å²) in [6.45, 7) is 0. The van der Waals surface area contributed by atoms with Crippen LogP contribution in [0.5, 0.6) is 0 Å². The van der Waals surface area contributed by atoms with Gasteiger partial charge in [0.25, 0.3) is 0 Å². The molecule has 4 heteroatoms. The van der Waals surface area contributed by atoms with E-state index in [0.29, 0.717) is 11.8 Å². The van der Waals surface area contributed by atoms with Gasteiger partial charge in [-0.1, -0.05) is 38.5 Å². The number of aliphatic imine (C=N–C) groups is 2. The number of nitrogens with zero attached hydrogens (tertiary/aromatic N) is 2. The third kappa shape index (κ3) is 5.29. The largest absolute Gasteiger partial charge is 0.399 e. The first-order valence-corrected chi connectivity index (χ1v) is 11.6. The van der Waals surface area contributed by atoms with Crippen LogP contribution in [0.1, 0.15) is 64.2 Å². The van der Waals surface area contributed by atoms with Crippen molar-refractivity contribution in [3.05, 3.63) is 48.5 Å². The lowest BCUT2D eigenvalue weighted by molar-refractivity contribution is 0.429. The van der Waals surface area contributed by atoms with Gasteiger partial charge in [-0.25, -0.2) is 0 Å². The smallest absolute Gasteiger partial charge is 0.0659 e. The normalized spacial score (nSPS) is 19.7. The maximum absolute atomic E-state index is 5.91. The van der Waals surface area contributed by atoms with Crippen LogP contribution in [0.4, 0.5) is 22.7 Å². The summed E-state index contributed by atoms with van der Waals surface area (Å²) >= 11 is 0. The molecular weight excluding hydrogens is 368 g/mol. The quantitative estimate of drug-likeness (QED) is 0.423. The molecule has 0 heterocycles. The maximum Gasteiger partial charge on any atom is 0.0659 e. The zero-order valence-electron chi connectivity index (χ0n) is 17.9. The summed E-state index contributed by atoms with van der Waals surface area (Å²) in [7, 11) is 0. The third-order valence-corrected chi connectivity index (χ3v) is 6.53. The van der Waals surface area contributed by atoms with Crippen molar-refractivity contribution in [2.45, 2.75) is 64.2 Å². The van der Waals surface area contributed by atoms with Crippen molar-refractivity contribution in [2.24, 2.45) is 21.8 Å². The van der Waals surface area contributed by atoms with E-state index in [-0.39, 0.29) is 0 Å². The van der Waals surface area contributed by atoms with Crippen LogP contribution >= 0.6 is 0 Å². The molecule has 2 aliphatic carbocycles. The average Bonchev–Trinajstić information content (AvgIpc) is 2.80. The standard InChI is InChI=1S/C26H34N4/c27-21-11-15-23(16-12-21)29-25(19-7-3-1-4-8-19)26(20-9-5-2-6-10-20)30-24-17-13-22(28)14-18-24/h11-20H,1-10,27-28H2. The minimum atomic E-state index is 0.491. The van der Waals surface area contributed by atoms with E-state index in [4.69, 9.17) is 21.5 Å². The Morgan fingerprint density at radius 1 is 0.533 bits per heavy atom. The van der Waals surface area contributed by atoms with Gasteiger partial charge in [-0.2, -0.15) is 0 Å². The summed E-state index contributed by atoms with van der Waals surface area (Å²) in [6, 6.07) is 15.9. The predicted octanol–water partition coefficient (Wildman–Crippen LogP) is 6.86. The van der Waals surface area contributed by atoms with Crippen LogP contribution in [0.3, 0.4) is 0 Å². The minimum Gasteiger partial charge on any atom is -0.399 e. The van der Waals surface area contributed by atoms with Crippen LogP contribution < -0.4 is 11.5 Å². The number of nitrogens with two attached hydrogens (primary N) is 2. The molecule has 2 fully saturated rings. The molecule has 2 aromatic carbocycles. The van der Waals surface area contributed by atoms with Gasteiger partial charge in [0, 0.05) is 23.2 Å². The number of hydrogen-bond acceptors (Lipinski definition) is 4. The molecule has 0 amide bonds. The first kappa shape index (κ1) is 20.6. The van der Waals surface area contributed by atoms with Crippen molar-refractivity contribution in [3.63, 3.8) is 0 Å². The van der Waals surface area contributed by atoms with Gasteiger partial charge in [0.1, 0.15) is 0 Å². The van der Waals surface area contributed by atoms with E-state index in [1.807, 2.05) is 48.5 Å². The fourth-order valence-corrected chi connectivity index (χ4v) is 4.84. The number of hydrogen-bond donors (Lipinski definition) is 2. The maximum atomic E-state index is 5.91. The highest BCUT2D eigenvalue weighted by Crippen LogP contribution is 2.33. The second-order valence-electron chi connectivity index (χ2n) is 8.85. The van der Waals surface area contributed by atoms with Gasteiger partial charge >= 0.3 is 0 Å². The van der Waals surface area contributed by atoms with Gasteiger partial charge < -0.3 is 11.5 Å². The fourth-order valence-electron chi connectivity index (χ4n) is 4.84. The molecule has 0 unspecified atom stereocenters. The van der Waals surface area contributed by atoms with E-state index in [9.17, 15) is 0 Å². The predicted molar refractivity (Wildman–Crippen MR) is 129 cm³/mol. The summed E-state index contributed by atoms with van der Waals surface area (Å²) in [5, 5.41) is 0. The summed E-state index contributed by atoms with van der Waals surface area (Å²) in [4.78, 5) is 10.4. The van der Waals surface area contributed by atoms with Gasteiger partial charge in [0.15, 0.2) is 0 Å². The van der Waals surface area contributed by atoms with E-state index >= 15 is 0 Å². The Morgan fingerprint density at radius 3 is 1.20 bits per heavy atom. The van der Waals surface area contributed by atoms with Crippen LogP contribution in [0.25, 0.3) is 0 Å². The second kappa shape index (κ2) is 9.92. The molecule has 158 valence electrons. The lowest BCUT2D eigenvalue weighted by atomic mass is 9.77. The molecule has 4 N–H and O–H groups in total. The number of anilines is 2. The number of benzene rings is 2. The minimum absolute atomic E-state index is 0.491. The van der Waals surface area contributed by atoms with Crippen molar-refractivity contribution in [2.75, 3.05) is 11.5 Å². The molecule has 0 saturated heterocycles. The Labute approximate surface area is 180 Å². The molecule has 0 atom stereocenters. The molecule has 0 aliphatic heterocycles. The van der Waals surface area contributed by atoms with Crippen LogP contribution in [0.15, 0.2) is 58.5 Å². The zero-order valence-corrected chi connectivity index (χ0v) is 17.9. The number of rotatable bonds is 5. The van der Waals surface area contributed by atoms with E-state index in [0.717, 1.165) is 22.7 Å². The van der Waals surface area contributed by atoms with Gasteiger partial charge in [-0.05, 0) is 74.2 Å². The molecule has 0 radical (unpaired) electrons. The monoisotopic (exact) mass is 402 g/mol. The molecule has 0 spiro atoms. The van der Waals surface area contributed by atoms with Gasteiger partial charge in [0.2, 0.25) is 0 Å². The Kier molecular flexibility index (Phi) is 6.83. The van der Waals surface area contributed by atoms with Crippen LogP contribution in [0, 0.1) is 11.8 Å². The fraction of sp³-hybridized carbons (Fsp3) is 0.462. The van der Waals surface area contributed by atoms with Crippen molar-refractivity contribution < 1.29 is 0 Å². The number of nitrogen functional groups attached to an aromatic ring is 2. The highest BCUT2D eigenvalue weighted by atomic mass is 14.8. The third-order valence-electron chi connectivity index (χ3n) is 6.53. The first-order valence-electron chi connectivity index (χ1n) is 11.6. The summed E-state index contributed by atoms with van der Waals surface area (Å²) in [5.74, 6) is 0.983. The Balaban J connectivity index is 1.78. The van der Waals surface area contributed by atoms with Gasteiger partial charge in [0.05, 0.1) is 22.8 Å². The van der Waals surface area contributed by atoms with Crippen molar-refractivity contribution in [1.29, 1.82) is 0 Å². The zero-order chi connectivity index (χ0) is 20.8. The van der Waals surface area contributed by atoms with Gasteiger partial charge in [-0.3, -0.25) is 9.98 Å². The Hall–Kier alpha value is -2.62. The molecule has 2 aromatic rings. The topological polar surface area (TPSA) is 76.8 Å². The highest BCUT2D eigenvalue weighted by Gasteiger charge is 2.29. The van der Waals surface area contributed by atoms with Crippen molar-refractivity contribution >= 4 is 34.2 Å². The average molecular weight is 403 g/mol. The first-order chi connectivity index (χ1) is 14.7. The lowest BCUT2D eigenvalue weighted by Crippen LogP contribution is -2.32. The van der Waals surface area contributed by atoms with Crippen LogP contribution in [-0.4, -0.2) is 11.4 Å². The Morgan fingerprint density at radius 2 is 0.867 bits per heavy atom. The molecule has 0 aromatic heterocycles. The van der Waals surface area contributed by atoms with E-state index in [2.05, 4.69) is 0 Å². The summed E-state index contributed by atoms with van der Waals surface area (Å²) in [6.07, 6.45) is 12.6. The molecule has 2 saturated carbocycles. The van der Waals surface area contributed by atoms with Crippen LogP contribution in [-0.2, 0) is 0 Å². The molecule has 2 aliphatic rings. The van der Waals surface area contributed by atoms with Crippen molar-refractivity contribution in [3.8, 4) is 0 Å². The van der Waals surface area contributed by atoms with Crippen molar-refractivity contribution in [1.82, 2.24) is 0 Å². The molecular formula is C26H34N4. The highest BCUT2D eigenvalue weighted by molar-refractivity contribution is 6.44. The van der Waals surface area contributed by atoms with Gasteiger partial charge in [-0.15, -0.1) is 0 Å². The van der Waals surface area contributed by atoms with E-state index < -0.39 is 0 Å². The lowest BCUT2D eigenvalue weighted by Gasteiger charge is -2.30. The van der Waals surface area contributed by atoms with E-state index in [1.54, 1.807) is 0 Å². The Bertz CT molecular complexity index is 793. The summed E-state index contributed by atoms with van der Waals surface area (Å²) in [5.41, 5.74) is 17.7. The molecule has 0 bridgehead atoms. The summed E-state index contributed by atoms with van der Waals surface area (Å²) < 4.78 is 0. The molecule has 4 rings (SSSR count). The second-order valence-corrected chi connectivity index (χ2v) is 8.85. The molecule has 30 heavy (non-hydrogen) atoms. The van der Waals surface area contributed by atoms with E-state index in [1.165, 1.54) is 75.6 Å². The van der Waals surface area contributed by atoms with Crippen LogP contribution in [0.2, 0.25) is 0 Å².